The number of ether oxygens (including phenoxy) is 4. The standard InChI is InChI=1S/C18H20O6/c1-11(19)23-9-15-5-13-7-17(21-3)18(22-4)8-14(13)6-16(15)10-24-12(2)20/h5-8H,9-10H2,1-4H3. The predicted octanol–water partition coefficient (Wildman–Crippen LogP) is 2.98. The van der Waals surface area contributed by atoms with Crippen molar-refractivity contribution in [2.45, 2.75) is 27.1 Å². The third-order valence-corrected chi connectivity index (χ3v) is 3.52. The van der Waals surface area contributed by atoms with E-state index in [0.29, 0.717) is 11.5 Å². The van der Waals surface area contributed by atoms with Gasteiger partial charge in [0.1, 0.15) is 13.2 Å². The number of benzene rings is 2. The maximum absolute atomic E-state index is 11.1. The second kappa shape index (κ2) is 7.68. The molecule has 24 heavy (non-hydrogen) atoms. The molecule has 0 saturated heterocycles. The molecule has 0 unspecified atom stereocenters. The van der Waals surface area contributed by atoms with Crippen molar-refractivity contribution >= 4 is 22.7 Å². The fourth-order valence-electron chi connectivity index (χ4n) is 2.35. The second-order valence-electron chi connectivity index (χ2n) is 5.24. The van der Waals surface area contributed by atoms with Gasteiger partial charge >= 0.3 is 11.9 Å². The second-order valence-corrected chi connectivity index (χ2v) is 5.24. The number of methoxy groups -OCH3 is 2. The van der Waals surface area contributed by atoms with Crippen LogP contribution in [0.15, 0.2) is 24.3 Å². The van der Waals surface area contributed by atoms with Gasteiger partial charge in [0, 0.05) is 13.8 Å². The summed E-state index contributed by atoms with van der Waals surface area (Å²) < 4.78 is 20.8. The summed E-state index contributed by atoms with van der Waals surface area (Å²) in [6.45, 7) is 2.91. The summed E-state index contributed by atoms with van der Waals surface area (Å²) in [7, 11) is 3.14. The third kappa shape index (κ3) is 4.16. The van der Waals surface area contributed by atoms with Crippen LogP contribution in [0.25, 0.3) is 10.8 Å². The van der Waals surface area contributed by atoms with Gasteiger partial charge in [0.15, 0.2) is 11.5 Å². The Bertz CT molecular complexity index is 701. The highest BCUT2D eigenvalue weighted by Crippen LogP contribution is 2.33. The zero-order valence-electron chi connectivity index (χ0n) is 14.2. The molecule has 2 aromatic rings. The van der Waals surface area contributed by atoms with Gasteiger partial charge in [-0.1, -0.05) is 0 Å². The lowest BCUT2D eigenvalue weighted by Crippen LogP contribution is -2.05. The molecule has 0 fully saturated rings. The van der Waals surface area contributed by atoms with Crippen LogP contribution in [0.2, 0.25) is 0 Å². The maximum atomic E-state index is 11.1. The van der Waals surface area contributed by atoms with Crippen molar-refractivity contribution in [2.75, 3.05) is 14.2 Å². The fourth-order valence-corrected chi connectivity index (χ4v) is 2.35. The normalized spacial score (nSPS) is 10.3. The first-order valence-electron chi connectivity index (χ1n) is 7.39. The molecule has 0 saturated carbocycles. The lowest BCUT2D eigenvalue weighted by atomic mass is 10.0. The van der Waals surface area contributed by atoms with Crippen molar-refractivity contribution in [1.29, 1.82) is 0 Å². The van der Waals surface area contributed by atoms with E-state index in [4.69, 9.17) is 18.9 Å². The molecule has 0 N–H and O–H groups in total. The van der Waals surface area contributed by atoms with Gasteiger partial charge in [0.2, 0.25) is 0 Å². The molecule has 0 aliphatic rings. The van der Waals surface area contributed by atoms with Crippen LogP contribution in [0.4, 0.5) is 0 Å². The highest BCUT2D eigenvalue weighted by atomic mass is 16.5. The number of hydrogen-bond acceptors (Lipinski definition) is 6. The van der Waals surface area contributed by atoms with Crippen molar-refractivity contribution < 1.29 is 28.5 Å². The number of fused-ring (bicyclic) bond motifs is 1. The largest absolute Gasteiger partial charge is 0.493 e. The van der Waals surface area contributed by atoms with Crippen LogP contribution in [0.1, 0.15) is 25.0 Å². The molecule has 0 aliphatic heterocycles. The number of carbonyl (C=O) groups excluding carboxylic acids is 2. The molecule has 2 aromatic carbocycles. The number of rotatable bonds is 6. The predicted molar refractivity (Wildman–Crippen MR) is 88.0 cm³/mol. The molecular weight excluding hydrogens is 312 g/mol. The molecule has 0 bridgehead atoms. The van der Waals surface area contributed by atoms with Crippen molar-refractivity contribution in [2.24, 2.45) is 0 Å². The smallest absolute Gasteiger partial charge is 0.302 e. The minimum atomic E-state index is -0.374. The van der Waals surface area contributed by atoms with Crippen molar-refractivity contribution in [1.82, 2.24) is 0 Å². The first-order valence-corrected chi connectivity index (χ1v) is 7.39. The van der Waals surface area contributed by atoms with Gasteiger partial charge in [0.05, 0.1) is 14.2 Å². The van der Waals surface area contributed by atoms with Crippen LogP contribution in [-0.2, 0) is 32.3 Å². The van der Waals surface area contributed by atoms with Crippen molar-refractivity contribution in [3.8, 4) is 11.5 Å². The SMILES string of the molecule is COc1cc2cc(COC(C)=O)c(COC(C)=O)cc2cc1OC. The van der Waals surface area contributed by atoms with E-state index in [1.54, 1.807) is 14.2 Å². The quantitative estimate of drug-likeness (QED) is 0.757. The van der Waals surface area contributed by atoms with Crippen LogP contribution >= 0.6 is 0 Å². The first-order chi connectivity index (χ1) is 11.4. The van der Waals surface area contributed by atoms with E-state index in [1.165, 1.54) is 13.8 Å². The summed E-state index contributed by atoms with van der Waals surface area (Å²) in [6, 6.07) is 7.47. The van der Waals surface area contributed by atoms with Gasteiger partial charge in [-0.05, 0) is 46.2 Å². The lowest BCUT2D eigenvalue weighted by Gasteiger charge is -2.14. The Hall–Kier alpha value is -2.76. The van der Waals surface area contributed by atoms with Crippen LogP contribution < -0.4 is 9.47 Å². The summed E-state index contributed by atoms with van der Waals surface area (Å²) in [5.41, 5.74) is 1.54. The van der Waals surface area contributed by atoms with Crippen molar-refractivity contribution in [3.05, 3.63) is 35.4 Å². The molecule has 0 aliphatic carbocycles. The van der Waals surface area contributed by atoms with E-state index < -0.39 is 0 Å². The van der Waals surface area contributed by atoms with Crippen LogP contribution in [0, 0.1) is 0 Å². The molecule has 128 valence electrons. The Balaban J connectivity index is 2.50. The first kappa shape index (κ1) is 17.6. The molecule has 0 radical (unpaired) electrons. The number of carbonyl (C=O) groups is 2. The molecule has 0 spiro atoms. The van der Waals surface area contributed by atoms with Gasteiger partial charge in [0.25, 0.3) is 0 Å². The molecular formula is C18H20O6. The zero-order chi connectivity index (χ0) is 17.7. The molecule has 0 heterocycles. The maximum Gasteiger partial charge on any atom is 0.302 e. The third-order valence-electron chi connectivity index (χ3n) is 3.52. The minimum Gasteiger partial charge on any atom is -0.493 e. The van der Waals surface area contributed by atoms with E-state index in [2.05, 4.69) is 0 Å². The highest BCUT2D eigenvalue weighted by Gasteiger charge is 2.12. The lowest BCUT2D eigenvalue weighted by molar-refractivity contribution is -0.143. The average Bonchev–Trinajstić information content (AvgIpc) is 2.56. The van der Waals surface area contributed by atoms with Gasteiger partial charge in [-0.25, -0.2) is 0 Å². The Morgan fingerprint density at radius 1 is 0.750 bits per heavy atom. The van der Waals surface area contributed by atoms with Crippen LogP contribution in [0.5, 0.6) is 11.5 Å². The van der Waals surface area contributed by atoms with Gasteiger partial charge in [-0.15, -0.1) is 0 Å². The topological polar surface area (TPSA) is 71.1 Å². The summed E-state index contributed by atoms with van der Waals surface area (Å²) in [5.74, 6) is 0.467. The minimum absolute atomic E-state index is 0.107. The van der Waals surface area contributed by atoms with E-state index in [9.17, 15) is 9.59 Å². The Morgan fingerprint density at radius 3 is 1.42 bits per heavy atom. The number of hydrogen-bond donors (Lipinski definition) is 0. The molecule has 6 heteroatoms. The van der Waals surface area contributed by atoms with Crippen LogP contribution in [0.3, 0.4) is 0 Å². The van der Waals surface area contributed by atoms with Gasteiger partial charge in [-0.3, -0.25) is 9.59 Å². The monoisotopic (exact) mass is 332 g/mol. The molecule has 2 rings (SSSR count). The zero-order valence-corrected chi connectivity index (χ0v) is 14.2. The average molecular weight is 332 g/mol. The van der Waals surface area contributed by atoms with E-state index >= 15 is 0 Å². The summed E-state index contributed by atoms with van der Waals surface area (Å²) in [4.78, 5) is 22.2. The Morgan fingerprint density at radius 2 is 1.12 bits per heavy atom. The summed E-state index contributed by atoms with van der Waals surface area (Å²) >= 11 is 0. The van der Waals surface area contributed by atoms with E-state index in [-0.39, 0.29) is 25.2 Å². The van der Waals surface area contributed by atoms with Gasteiger partial charge in [-0.2, -0.15) is 0 Å². The molecule has 0 atom stereocenters. The number of esters is 2. The summed E-state index contributed by atoms with van der Waals surface area (Å²) in [5, 5.41) is 1.81. The van der Waals surface area contributed by atoms with Crippen LogP contribution in [-0.4, -0.2) is 26.2 Å². The highest BCUT2D eigenvalue weighted by molar-refractivity contribution is 5.87. The molecule has 6 nitrogen and oxygen atoms in total. The Labute approximate surface area is 140 Å². The van der Waals surface area contributed by atoms with Crippen molar-refractivity contribution in [3.63, 3.8) is 0 Å². The molecule has 0 aromatic heterocycles. The van der Waals surface area contributed by atoms with E-state index in [1.807, 2.05) is 24.3 Å². The van der Waals surface area contributed by atoms with Gasteiger partial charge < -0.3 is 18.9 Å². The molecule has 0 amide bonds. The fraction of sp³-hybridized carbons (Fsp3) is 0.333. The Kier molecular flexibility index (Phi) is 5.63. The summed E-state index contributed by atoms with van der Waals surface area (Å²) in [6.07, 6.45) is 0. The van der Waals surface area contributed by atoms with E-state index in [0.717, 1.165) is 21.9 Å².